The topological polar surface area (TPSA) is 103 Å². The van der Waals surface area contributed by atoms with Gasteiger partial charge in [0.05, 0.1) is 12.1 Å². The first-order chi connectivity index (χ1) is 16.6. The Balaban J connectivity index is 1.87. The molecule has 0 spiro atoms. The van der Waals surface area contributed by atoms with Gasteiger partial charge < -0.3 is 9.84 Å². The van der Waals surface area contributed by atoms with Gasteiger partial charge in [0.25, 0.3) is 10.0 Å². The van der Waals surface area contributed by atoms with Crippen molar-refractivity contribution in [3.8, 4) is 16.9 Å². The van der Waals surface area contributed by atoms with Crippen LogP contribution in [0.5, 0.6) is 5.75 Å². The summed E-state index contributed by atoms with van der Waals surface area (Å²) in [5, 5.41) is 9.82. The predicted octanol–water partition coefficient (Wildman–Crippen LogP) is 5.53. The summed E-state index contributed by atoms with van der Waals surface area (Å²) in [4.78, 5) is 23.7. The maximum atomic E-state index is 14.0. The van der Waals surface area contributed by atoms with Crippen molar-refractivity contribution >= 4 is 44.0 Å². The number of thiophene rings is 1. The molecule has 0 atom stereocenters. The number of nitrogens with zero attached hydrogens (tertiary/aromatic N) is 1. The zero-order valence-electron chi connectivity index (χ0n) is 19.6. The number of hydrogen-bond acceptors (Lipinski definition) is 6. The van der Waals surface area contributed by atoms with Gasteiger partial charge in [0, 0.05) is 34.0 Å². The Hall–Kier alpha value is -3.43. The second kappa shape index (κ2) is 9.67. The number of carbonyl (C=O) groups is 2. The average Bonchev–Trinajstić information content (AvgIpc) is 3.39. The molecular weight excluding hydrogens is 486 g/mol. The lowest BCUT2D eigenvalue weighted by Crippen LogP contribution is -2.11. The van der Waals surface area contributed by atoms with E-state index in [-0.39, 0.29) is 22.8 Å². The van der Waals surface area contributed by atoms with Gasteiger partial charge in [-0.1, -0.05) is 24.3 Å². The number of aryl methyl sites for hydroxylation is 2. The van der Waals surface area contributed by atoms with Crippen LogP contribution in [-0.2, 0) is 21.2 Å². The normalized spacial score (nSPS) is 11.6. The average molecular weight is 512 g/mol. The highest BCUT2D eigenvalue weighted by Crippen LogP contribution is 2.38. The summed E-state index contributed by atoms with van der Waals surface area (Å²) >= 11 is 1.17. The summed E-state index contributed by atoms with van der Waals surface area (Å²) in [5.74, 6) is -0.435. The van der Waals surface area contributed by atoms with Crippen LogP contribution in [0.4, 0.5) is 0 Å². The minimum Gasteiger partial charge on any atom is -0.494 e. The van der Waals surface area contributed by atoms with Crippen LogP contribution >= 0.6 is 11.3 Å². The van der Waals surface area contributed by atoms with E-state index in [4.69, 9.17) is 4.74 Å². The van der Waals surface area contributed by atoms with E-state index in [9.17, 15) is 23.1 Å². The van der Waals surface area contributed by atoms with Crippen molar-refractivity contribution in [3.63, 3.8) is 0 Å². The molecule has 4 aromatic rings. The van der Waals surface area contributed by atoms with E-state index in [0.29, 0.717) is 45.5 Å². The molecule has 2 aromatic heterocycles. The molecule has 0 aliphatic carbocycles. The monoisotopic (exact) mass is 511 g/mol. The van der Waals surface area contributed by atoms with Crippen LogP contribution in [0.15, 0.2) is 58.9 Å². The van der Waals surface area contributed by atoms with Gasteiger partial charge in [-0.15, -0.1) is 11.3 Å². The number of rotatable bonds is 9. The lowest BCUT2D eigenvalue weighted by Gasteiger charge is -2.10. The number of ether oxygens (including phenoxy) is 1. The van der Waals surface area contributed by atoms with Crippen LogP contribution < -0.4 is 4.74 Å². The van der Waals surface area contributed by atoms with Crippen molar-refractivity contribution in [2.75, 3.05) is 6.61 Å². The molecule has 9 heteroatoms. The summed E-state index contributed by atoms with van der Waals surface area (Å²) in [5.41, 5.74) is 2.88. The van der Waals surface area contributed by atoms with Crippen molar-refractivity contribution in [2.24, 2.45) is 0 Å². The zero-order chi connectivity index (χ0) is 25.3. The zero-order valence-corrected chi connectivity index (χ0v) is 21.2. The fourth-order valence-electron chi connectivity index (χ4n) is 4.00. The smallest absolute Gasteiger partial charge is 0.303 e. The minimum absolute atomic E-state index is 0.0648. The molecule has 2 heterocycles. The van der Waals surface area contributed by atoms with E-state index in [0.717, 1.165) is 4.88 Å². The van der Waals surface area contributed by atoms with Gasteiger partial charge in [-0.3, -0.25) is 9.59 Å². The maximum absolute atomic E-state index is 14.0. The van der Waals surface area contributed by atoms with Crippen molar-refractivity contribution in [3.05, 3.63) is 70.7 Å². The first kappa shape index (κ1) is 24.7. The molecule has 0 fully saturated rings. The number of benzene rings is 2. The van der Waals surface area contributed by atoms with E-state index in [1.165, 1.54) is 28.4 Å². The molecule has 2 aromatic carbocycles. The van der Waals surface area contributed by atoms with E-state index >= 15 is 0 Å². The van der Waals surface area contributed by atoms with Gasteiger partial charge in [0.1, 0.15) is 9.96 Å². The molecule has 0 aliphatic heterocycles. The van der Waals surface area contributed by atoms with Crippen LogP contribution in [0.25, 0.3) is 22.0 Å². The fraction of sp³-hybridized carbons (Fsp3) is 0.231. The lowest BCUT2D eigenvalue weighted by molar-refractivity contribution is -0.136. The number of hydrogen-bond donors (Lipinski definition) is 1. The summed E-state index contributed by atoms with van der Waals surface area (Å²) in [6, 6.07) is 13.8. The highest BCUT2D eigenvalue weighted by Gasteiger charge is 2.27. The van der Waals surface area contributed by atoms with Crippen molar-refractivity contribution in [1.29, 1.82) is 0 Å². The second-order valence-corrected chi connectivity index (χ2v) is 11.4. The molecule has 0 saturated heterocycles. The minimum atomic E-state index is -4.01. The summed E-state index contributed by atoms with van der Waals surface area (Å²) < 4.78 is 34.9. The Bertz CT molecular complexity index is 1530. The number of carboxylic acids is 1. The Kier molecular flexibility index (Phi) is 6.82. The third-order valence-electron chi connectivity index (χ3n) is 5.66. The molecule has 0 saturated carbocycles. The van der Waals surface area contributed by atoms with Crippen molar-refractivity contribution < 1.29 is 27.9 Å². The van der Waals surface area contributed by atoms with E-state index in [2.05, 4.69) is 0 Å². The Morgan fingerprint density at radius 3 is 2.43 bits per heavy atom. The van der Waals surface area contributed by atoms with E-state index in [1.807, 2.05) is 19.9 Å². The van der Waals surface area contributed by atoms with Crippen LogP contribution in [-0.4, -0.2) is 35.9 Å². The molecule has 0 amide bonds. The lowest BCUT2D eigenvalue weighted by atomic mass is 10.1. The first-order valence-corrected chi connectivity index (χ1v) is 13.3. The molecular formula is C26H25NO6S2. The highest BCUT2D eigenvalue weighted by atomic mass is 32.2. The summed E-state index contributed by atoms with van der Waals surface area (Å²) in [6.07, 6.45) is 1.58. The second-order valence-electron chi connectivity index (χ2n) is 8.15. The number of aliphatic carboxylic acids is 1. The predicted molar refractivity (Wildman–Crippen MR) is 136 cm³/mol. The molecule has 0 bridgehead atoms. The van der Waals surface area contributed by atoms with Gasteiger partial charge in [-0.05, 0) is 62.6 Å². The molecule has 35 heavy (non-hydrogen) atoms. The summed E-state index contributed by atoms with van der Waals surface area (Å²) in [6.45, 7) is 5.64. The van der Waals surface area contributed by atoms with Crippen molar-refractivity contribution in [2.45, 2.75) is 37.8 Å². The molecule has 0 radical (unpaired) electrons. The number of fused-ring (bicyclic) bond motifs is 1. The molecule has 7 nitrogen and oxygen atoms in total. The Labute approximate surface area is 207 Å². The number of carboxylic acid groups (broad SMARTS) is 1. The Morgan fingerprint density at radius 1 is 1.09 bits per heavy atom. The van der Waals surface area contributed by atoms with Crippen LogP contribution in [0.1, 0.15) is 41.1 Å². The molecule has 0 unspecified atom stereocenters. The Morgan fingerprint density at radius 2 is 1.80 bits per heavy atom. The first-order valence-electron chi connectivity index (χ1n) is 11.1. The van der Waals surface area contributed by atoms with Gasteiger partial charge in [0.2, 0.25) is 0 Å². The fourth-order valence-corrected chi connectivity index (χ4v) is 7.13. The standard InChI is InChI=1S/C26H25NO6S2/c1-4-33-21-10-11-24-22(14-21)20(9-12-25(29)30)15-27(24)35(31,32)26-23(13-16(2)34-26)19-7-5-18(6-8-19)17(3)28/h5-8,10-11,13-15H,4,9,12H2,1-3H3,(H,29,30). The molecule has 4 rings (SSSR count). The van der Waals surface area contributed by atoms with E-state index < -0.39 is 16.0 Å². The van der Waals surface area contributed by atoms with Gasteiger partial charge >= 0.3 is 5.97 Å². The summed E-state index contributed by atoms with van der Waals surface area (Å²) in [7, 11) is -4.01. The number of carbonyl (C=O) groups excluding carboxylic acids is 1. The number of ketones is 1. The molecule has 182 valence electrons. The van der Waals surface area contributed by atoms with Crippen molar-refractivity contribution in [1.82, 2.24) is 3.97 Å². The quantitative estimate of drug-likeness (QED) is 0.296. The van der Waals surface area contributed by atoms with Crippen LogP contribution in [0.3, 0.4) is 0 Å². The van der Waals surface area contributed by atoms with Gasteiger partial charge in [0.15, 0.2) is 5.78 Å². The van der Waals surface area contributed by atoms with Crippen LogP contribution in [0, 0.1) is 6.92 Å². The van der Waals surface area contributed by atoms with E-state index in [1.54, 1.807) is 42.5 Å². The SMILES string of the molecule is CCOc1ccc2c(c1)c(CCC(=O)O)cn2S(=O)(=O)c1sc(C)cc1-c1ccc(C(C)=O)cc1. The molecule has 0 aliphatic rings. The van der Waals surface area contributed by atoms with Gasteiger partial charge in [-0.2, -0.15) is 8.42 Å². The third kappa shape index (κ3) is 4.87. The van der Waals surface area contributed by atoms with Gasteiger partial charge in [-0.25, -0.2) is 3.97 Å². The number of aromatic nitrogens is 1. The maximum Gasteiger partial charge on any atom is 0.303 e. The highest BCUT2D eigenvalue weighted by molar-refractivity contribution is 7.92. The largest absolute Gasteiger partial charge is 0.494 e. The third-order valence-corrected chi connectivity index (χ3v) is 8.90. The molecule has 1 N–H and O–H groups in total. The number of Topliss-reactive ketones (excluding diaryl/α,β-unsaturated/α-hetero) is 1. The van der Waals surface area contributed by atoms with Crippen LogP contribution in [0.2, 0.25) is 0 Å².